The molecule has 0 aliphatic carbocycles. The van der Waals surface area contributed by atoms with Gasteiger partial charge >= 0.3 is 0 Å². The van der Waals surface area contributed by atoms with Crippen molar-refractivity contribution >= 4 is 11.7 Å². The highest BCUT2D eigenvalue weighted by molar-refractivity contribution is 5.88. The molecule has 0 aromatic carbocycles. The summed E-state index contributed by atoms with van der Waals surface area (Å²) in [5.74, 6) is 0.342. The summed E-state index contributed by atoms with van der Waals surface area (Å²) in [7, 11) is 0. The third kappa shape index (κ3) is 2.57. The Morgan fingerprint density at radius 2 is 2.29 bits per heavy atom. The van der Waals surface area contributed by atoms with Gasteiger partial charge in [0.1, 0.15) is 5.78 Å². The van der Waals surface area contributed by atoms with Crippen LogP contribution in [-0.4, -0.2) is 34.7 Å². The van der Waals surface area contributed by atoms with Crippen LogP contribution in [0.25, 0.3) is 0 Å². The van der Waals surface area contributed by atoms with Crippen molar-refractivity contribution in [3.05, 3.63) is 24.0 Å². The Morgan fingerprint density at radius 1 is 1.53 bits per heavy atom. The summed E-state index contributed by atoms with van der Waals surface area (Å²) in [5.41, 5.74) is 0.522. The smallest absolute Gasteiger partial charge is 0.228 e. The maximum Gasteiger partial charge on any atom is 0.228 e. The second kappa shape index (κ2) is 4.35. The number of ketones is 1. The van der Waals surface area contributed by atoms with E-state index in [0.717, 1.165) is 5.69 Å². The van der Waals surface area contributed by atoms with Crippen LogP contribution in [0.5, 0.6) is 0 Å². The van der Waals surface area contributed by atoms with Gasteiger partial charge in [-0.05, 0) is 12.1 Å². The van der Waals surface area contributed by atoms with E-state index in [2.05, 4.69) is 4.98 Å². The quantitative estimate of drug-likeness (QED) is 0.840. The number of H-pyrrole nitrogens is 1. The van der Waals surface area contributed by atoms with Gasteiger partial charge in [0.15, 0.2) is 0 Å². The van der Waals surface area contributed by atoms with Crippen LogP contribution < -0.4 is 0 Å². The van der Waals surface area contributed by atoms with Gasteiger partial charge in [-0.1, -0.05) is 13.8 Å². The standard InChI is InChI=1S/C13H18N2O2/c1-13(2)9-15(7-5-11(13)16)12(17)8-10-4-3-6-14-10/h3-4,6,14H,5,7-9H2,1-2H3. The highest BCUT2D eigenvalue weighted by Gasteiger charge is 2.35. The van der Waals surface area contributed by atoms with Gasteiger partial charge in [0.05, 0.1) is 6.42 Å². The van der Waals surface area contributed by atoms with Crippen LogP contribution in [0.15, 0.2) is 18.3 Å². The highest BCUT2D eigenvalue weighted by atomic mass is 16.2. The zero-order valence-electron chi connectivity index (χ0n) is 10.3. The molecule has 2 heterocycles. The maximum atomic E-state index is 12.1. The predicted octanol–water partition coefficient (Wildman–Crippen LogP) is 1.38. The second-order valence-electron chi connectivity index (χ2n) is 5.24. The summed E-state index contributed by atoms with van der Waals surface area (Å²) in [4.78, 5) is 28.5. The summed E-state index contributed by atoms with van der Waals surface area (Å²) in [6.07, 6.45) is 2.67. The second-order valence-corrected chi connectivity index (χ2v) is 5.24. The number of nitrogens with zero attached hydrogens (tertiary/aromatic N) is 1. The summed E-state index contributed by atoms with van der Waals surface area (Å²) in [5, 5.41) is 0. The number of hydrogen-bond acceptors (Lipinski definition) is 2. The van der Waals surface area contributed by atoms with Gasteiger partial charge in [0, 0.05) is 36.8 Å². The lowest BCUT2D eigenvalue weighted by Crippen LogP contribution is -2.49. The number of Topliss-reactive ketones (excluding diaryl/α,β-unsaturated/α-hetero) is 1. The normalized spacial score (nSPS) is 19.4. The molecule has 1 saturated heterocycles. The zero-order valence-corrected chi connectivity index (χ0v) is 10.3. The van der Waals surface area contributed by atoms with Crippen molar-refractivity contribution in [1.82, 2.24) is 9.88 Å². The largest absolute Gasteiger partial charge is 0.365 e. The van der Waals surface area contributed by atoms with Crippen LogP contribution in [0.4, 0.5) is 0 Å². The van der Waals surface area contributed by atoms with E-state index in [4.69, 9.17) is 0 Å². The van der Waals surface area contributed by atoms with Crippen molar-refractivity contribution in [2.75, 3.05) is 13.1 Å². The molecule has 1 aromatic heterocycles. The van der Waals surface area contributed by atoms with Crippen LogP contribution in [0.2, 0.25) is 0 Å². The lowest BCUT2D eigenvalue weighted by atomic mass is 9.82. The van der Waals surface area contributed by atoms with Gasteiger partial charge in [-0.2, -0.15) is 0 Å². The van der Waals surface area contributed by atoms with Gasteiger partial charge < -0.3 is 9.88 Å². The number of amides is 1. The lowest BCUT2D eigenvalue weighted by Gasteiger charge is -2.36. The molecule has 1 aliphatic rings. The number of nitrogens with one attached hydrogen (secondary N) is 1. The lowest BCUT2D eigenvalue weighted by molar-refractivity contribution is -0.140. The molecule has 1 aromatic rings. The average Bonchev–Trinajstić information content (AvgIpc) is 2.74. The molecule has 0 atom stereocenters. The van der Waals surface area contributed by atoms with Gasteiger partial charge in [-0.15, -0.1) is 0 Å². The van der Waals surface area contributed by atoms with Crippen molar-refractivity contribution < 1.29 is 9.59 Å². The topological polar surface area (TPSA) is 53.2 Å². The molecule has 17 heavy (non-hydrogen) atoms. The molecule has 92 valence electrons. The monoisotopic (exact) mass is 234 g/mol. The first-order valence-corrected chi connectivity index (χ1v) is 5.92. The fourth-order valence-electron chi connectivity index (χ4n) is 2.18. The van der Waals surface area contributed by atoms with Crippen molar-refractivity contribution in [3.8, 4) is 0 Å². The summed E-state index contributed by atoms with van der Waals surface area (Å²) in [6, 6.07) is 3.78. The van der Waals surface area contributed by atoms with Crippen LogP contribution in [0.1, 0.15) is 26.0 Å². The zero-order chi connectivity index (χ0) is 12.5. The molecule has 1 N–H and O–H groups in total. The molecule has 1 amide bonds. The SMILES string of the molecule is CC1(C)CN(C(=O)Cc2ccc[nH]2)CCC1=O. The maximum absolute atomic E-state index is 12.1. The van der Waals surface area contributed by atoms with Gasteiger partial charge in [-0.3, -0.25) is 9.59 Å². The van der Waals surface area contributed by atoms with E-state index in [0.29, 0.717) is 25.9 Å². The molecule has 4 heteroatoms. The summed E-state index contributed by atoms with van der Waals surface area (Å²) in [6.45, 7) is 4.90. The van der Waals surface area contributed by atoms with Crippen LogP contribution in [0.3, 0.4) is 0 Å². The van der Waals surface area contributed by atoms with Crippen molar-refractivity contribution in [2.45, 2.75) is 26.7 Å². The Morgan fingerprint density at radius 3 is 2.88 bits per heavy atom. The number of rotatable bonds is 2. The van der Waals surface area contributed by atoms with Crippen LogP contribution in [-0.2, 0) is 16.0 Å². The summed E-state index contributed by atoms with van der Waals surface area (Å²) < 4.78 is 0. The molecule has 0 radical (unpaired) electrons. The molecule has 0 unspecified atom stereocenters. The molecular formula is C13H18N2O2. The number of likely N-dealkylation sites (tertiary alicyclic amines) is 1. The van der Waals surface area contributed by atoms with Crippen molar-refractivity contribution in [3.63, 3.8) is 0 Å². The highest BCUT2D eigenvalue weighted by Crippen LogP contribution is 2.25. The fourth-order valence-corrected chi connectivity index (χ4v) is 2.18. The van der Waals surface area contributed by atoms with Gasteiger partial charge in [-0.25, -0.2) is 0 Å². The van der Waals surface area contributed by atoms with Gasteiger partial charge in [0.25, 0.3) is 0 Å². The Bertz CT molecular complexity index is 421. The van der Waals surface area contributed by atoms with E-state index >= 15 is 0 Å². The number of piperidine rings is 1. The molecule has 2 rings (SSSR count). The first kappa shape index (κ1) is 11.9. The summed E-state index contributed by atoms with van der Waals surface area (Å²) >= 11 is 0. The van der Waals surface area contributed by atoms with E-state index in [1.165, 1.54) is 0 Å². The predicted molar refractivity (Wildman–Crippen MR) is 64.5 cm³/mol. The third-order valence-electron chi connectivity index (χ3n) is 3.31. The molecular weight excluding hydrogens is 216 g/mol. The van der Waals surface area contributed by atoms with Crippen molar-refractivity contribution in [1.29, 1.82) is 0 Å². The number of carbonyl (C=O) groups is 2. The number of hydrogen-bond donors (Lipinski definition) is 1. The molecule has 1 fully saturated rings. The minimum absolute atomic E-state index is 0.0908. The van der Waals surface area contributed by atoms with Crippen LogP contribution >= 0.6 is 0 Å². The van der Waals surface area contributed by atoms with E-state index in [-0.39, 0.29) is 11.7 Å². The molecule has 4 nitrogen and oxygen atoms in total. The van der Waals surface area contributed by atoms with E-state index in [1.807, 2.05) is 32.2 Å². The number of aromatic nitrogens is 1. The fraction of sp³-hybridized carbons (Fsp3) is 0.538. The molecule has 0 saturated carbocycles. The first-order valence-electron chi connectivity index (χ1n) is 5.92. The van der Waals surface area contributed by atoms with E-state index in [1.54, 1.807) is 4.90 Å². The van der Waals surface area contributed by atoms with E-state index in [9.17, 15) is 9.59 Å². The first-order chi connectivity index (χ1) is 7.99. The Hall–Kier alpha value is -1.58. The number of carbonyl (C=O) groups excluding carboxylic acids is 2. The number of aromatic amines is 1. The van der Waals surface area contributed by atoms with E-state index < -0.39 is 5.41 Å². The average molecular weight is 234 g/mol. The molecule has 1 aliphatic heterocycles. The Labute approximate surface area is 101 Å². The Balaban J connectivity index is 1.99. The third-order valence-corrected chi connectivity index (χ3v) is 3.31. The molecule has 0 spiro atoms. The Kier molecular flexibility index (Phi) is 3.05. The minimum Gasteiger partial charge on any atom is -0.365 e. The van der Waals surface area contributed by atoms with Crippen LogP contribution in [0, 0.1) is 5.41 Å². The van der Waals surface area contributed by atoms with Crippen molar-refractivity contribution in [2.24, 2.45) is 5.41 Å². The molecule has 0 bridgehead atoms. The van der Waals surface area contributed by atoms with Gasteiger partial charge in [0.2, 0.25) is 5.91 Å². The minimum atomic E-state index is -0.399.